The average molecular weight is 361 g/mol. The van der Waals surface area contributed by atoms with Crippen molar-refractivity contribution in [1.29, 1.82) is 0 Å². The number of benzene rings is 2. The molecular weight excluding hydrogens is 345 g/mol. The molecule has 0 N–H and O–H groups in total. The van der Waals surface area contributed by atoms with E-state index in [1.54, 1.807) is 0 Å². The quantitative estimate of drug-likeness (QED) is 0.717. The number of oxazole rings is 1. The highest BCUT2D eigenvalue weighted by molar-refractivity contribution is 7.89. The van der Waals surface area contributed by atoms with Crippen LogP contribution in [0.5, 0.6) is 0 Å². The Hall–Kier alpha value is -2.45. The number of halogens is 1. The van der Waals surface area contributed by atoms with Crippen molar-refractivity contribution in [2.24, 2.45) is 0 Å². The molecule has 3 aromatic rings. The van der Waals surface area contributed by atoms with Crippen molar-refractivity contribution in [2.45, 2.75) is 4.90 Å². The summed E-state index contributed by atoms with van der Waals surface area (Å²) >= 11 is 0. The number of aromatic nitrogens is 1. The van der Waals surface area contributed by atoms with E-state index in [2.05, 4.69) is 4.98 Å². The first-order valence-electron chi connectivity index (χ1n) is 7.90. The van der Waals surface area contributed by atoms with Crippen LogP contribution in [0.3, 0.4) is 0 Å². The maximum Gasteiger partial charge on any atom is 0.298 e. The van der Waals surface area contributed by atoms with E-state index in [0.29, 0.717) is 24.7 Å². The molecule has 25 heavy (non-hydrogen) atoms. The van der Waals surface area contributed by atoms with Crippen molar-refractivity contribution in [1.82, 2.24) is 9.29 Å². The van der Waals surface area contributed by atoms with Crippen molar-refractivity contribution in [3.8, 4) is 0 Å². The highest BCUT2D eigenvalue weighted by Crippen LogP contribution is 2.24. The fraction of sp³-hybridized carbons (Fsp3) is 0.235. The standard InChI is InChI=1S/C17H16FN3O3S/c18-13-4-3-5-14(12-13)25(22,23)21-10-8-20(9-11-21)17-19-15-6-1-2-7-16(15)24-17/h1-7,12H,8-11H2. The fourth-order valence-corrected chi connectivity index (χ4v) is 4.35. The first-order chi connectivity index (χ1) is 12.0. The normalized spacial score (nSPS) is 16.4. The van der Waals surface area contributed by atoms with Gasteiger partial charge in [-0.3, -0.25) is 0 Å². The molecule has 130 valence electrons. The Labute approximate surface area is 144 Å². The minimum Gasteiger partial charge on any atom is -0.423 e. The van der Waals surface area contributed by atoms with E-state index in [-0.39, 0.29) is 18.0 Å². The molecule has 1 saturated heterocycles. The number of fused-ring (bicyclic) bond motifs is 1. The van der Waals surface area contributed by atoms with Gasteiger partial charge in [0.05, 0.1) is 4.90 Å². The van der Waals surface area contributed by atoms with Crippen molar-refractivity contribution < 1.29 is 17.2 Å². The van der Waals surface area contributed by atoms with Gasteiger partial charge in [0.1, 0.15) is 11.3 Å². The summed E-state index contributed by atoms with van der Waals surface area (Å²) in [6.07, 6.45) is 0. The second-order valence-electron chi connectivity index (χ2n) is 5.81. The highest BCUT2D eigenvalue weighted by atomic mass is 32.2. The van der Waals surface area contributed by atoms with E-state index >= 15 is 0 Å². The lowest BCUT2D eigenvalue weighted by atomic mass is 10.3. The summed E-state index contributed by atoms with van der Waals surface area (Å²) in [5, 5.41) is 0. The number of hydrogen-bond acceptors (Lipinski definition) is 5. The largest absolute Gasteiger partial charge is 0.423 e. The van der Waals surface area contributed by atoms with Gasteiger partial charge in [0.15, 0.2) is 5.58 Å². The Morgan fingerprint density at radius 2 is 1.76 bits per heavy atom. The molecule has 0 aliphatic carbocycles. The van der Waals surface area contributed by atoms with Gasteiger partial charge in [-0.2, -0.15) is 9.29 Å². The molecule has 0 unspecified atom stereocenters. The molecular formula is C17H16FN3O3S. The van der Waals surface area contributed by atoms with E-state index in [4.69, 9.17) is 4.42 Å². The number of para-hydroxylation sites is 2. The predicted molar refractivity (Wildman–Crippen MR) is 91.4 cm³/mol. The Balaban J connectivity index is 1.51. The van der Waals surface area contributed by atoms with Gasteiger partial charge in [-0.15, -0.1) is 0 Å². The van der Waals surface area contributed by atoms with Gasteiger partial charge in [0.25, 0.3) is 6.01 Å². The van der Waals surface area contributed by atoms with E-state index in [0.717, 1.165) is 11.6 Å². The average Bonchev–Trinajstić information content (AvgIpc) is 3.06. The van der Waals surface area contributed by atoms with Gasteiger partial charge in [0, 0.05) is 26.2 Å². The molecule has 0 bridgehead atoms. The monoisotopic (exact) mass is 361 g/mol. The van der Waals surface area contributed by atoms with Gasteiger partial charge in [-0.1, -0.05) is 18.2 Å². The first kappa shape index (κ1) is 16.0. The summed E-state index contributed by atoms with van der Waals surface area (Å²) in [4.78, 5) is 6.32. The Morgan fingerprint density at radius 1 is 1.00 bits per heavy atom. The van der Waals surface area contributed by atoms with Crippen molar-refractivity contribution in [2.75, 3.05) is 31.1 Å². The van der Waals surface area contributed by atoms with Crippen molar-refractivity contribution >= 4 is 27.1 Å². The third-order valence-corrected chi connectivity index (χ3v) is 6.12. The van der Waals surface area contributed by atoms with Crippen LogP contribution >= 0.6 is 0 Å². The van der Waals surface area contributed by atoms with Crippen LogP contribution < -0.4 is 4.90 Å². The summed E-state index contributed by atoms with van der Waals surface area (Å²) < 4.78 is 45.7. The summed E-state index contributed by atoms with van der Waals surface area (Å²) in [5.74, 6) is -0.564. The van der Waals surface area contributed by atoms with Crippen LogP contribution in [-0.2, 0) is 10.0 Å². The molecule has 4 rings (SSSR count). The molecule has 0 amide bonds. The smallest absolute Gasteiger partial charge is 0.298 e. The topological polar surface area (TPSA) is 66.7 Å². The third-order valence-electron chi connectivity index (χ3n) is 4.23. The number of hydrogen-bond donors (Lipinski definition) is 0. The molecule has 1 fully saturated rings. The van der Waals surface area contributed by atoms with E-state index in [1.165, 1.54) is 22.5 Å². The fourth-order valence-electron chi connectivity index (χ4n) is 2.89. The molecule has 2 aromatic carbocycles. The summed E-state index contributed by atoms with van der Waals surface area (Å²) in [6.45, 7) is 1.50. The molecule has 6 nitrogen and oxygen atoms in total. The molecule has 0 atom stereocenters. The Bertz CT molecular complexity index is 978. The van der Waals surface area contributed by atoms with Gasteiger partial charge >= 0.3 is 0 Å². The Morgan fingerprint density at radius 3 is 2.48 bits per heavy atom. The first-order valence-corrected chi connectivity index (χ1v) is 9.34. The molecule has 1 aromatic heterocycles. The number of sulfonamides is 1. The highest BCUT2D eigenvalue weighted by Gasteiger charge is 2.30. The number of rotatable bonds is 3. The minimum absolute atomic E-state index is 0.0252. The van der Waals surface area contributed by atoms with Crippen LogP contribution in [0.15, 0.2) is 57.8 Å². The van der Waals surface area contributed by atoms with Crippen molar-refractivity contribution in [3.63, 3.8) is 0 Å². The van der Waals surface area contributed by atoms with Crippen LogP contribution in [0.1, 0.15) is 0 Å². The van der Waals surface area contributed by atoms with E-state index in [1.807, 2.05) is 29.2 Å². The zero-order valence-corrected chi connectivity index (χ0v) is 14.1. The van der Waals surface area contributed by atoms with E-state index < -0.39 is 15.8 Å². The predicted octanol–water partition coefficient (Wildman–Crippen LogP) is 2.48. The number of anilines is 1. The maximum atomic E-state index is 13.3. The van der Waals surface area contributed by atoms with Crippen LogP contribution in [0, 0.1) is 5.82 Å². The van der Waals surface area contributed by atoms with Gasteiger partial charge in [-0.25, -0.2) is 12.8 Å². The molecule has 1 aliphatic heterocycles. The Kier molecular flexibility index (Phi) is 3.93. The van der Waals surface area contributed by atoms with E-state index in [9.17, 15) is 12.8 Å². The summed E-state index contributed by atoms with van der Waals surface area (Å²) in [6, 6.07) is 13.0. The molecule has 1 aliphatic rings. The van der Waals surface area contributed by atoms with Gasteiger partial charge in [-0.05, 0) is 30.3 Å². The summed E-state index contributed by atoms with van der Waals surface area (Å²) in [5.41, 5.74) is 1.47. The maximum absolute atomic E-state index is 13.3. The minimum atomic E-state index is -3.70. The lowest BCUT2D eigenvalue weighted by Crippen LogP contribution is -2.48. The molecule has 8 heteroatoms. The second kappa shape index (κ2) is 6.12. The molecule has 0 spiro atoms. The van der Waals surface area contributed by atoms with Crippen molar-refractivity contribution in [3.05, 3.63) is 54.3 Å². The molecule has 2 heterocycles. The number of nitrogens with zero attached hydrogens (tertiary/aromatic N) is 3. The molecule has 0 radical (unpaired) electrons. The van der Waals surface area contributed by atoms with Crippen LogP contribution in [-0.4, -0.2) is 43.9 Å². The summed E-state index contributed by atoms with van der Waals surface area (Å²) in [7, 11) is -3.70. The van der Waals surface area contributed by atoms with Gasteiger partial charge < -0.3 is 9.32 Å². The SMILES string of the molecule is O=S(=O)(c1cccc(F)c1)N1CCN(c2nc3ccccc3o2)CC1. The zero-order chi connectivity index (χ0) is 17.4. The zero-order valence-electron chi connectivity index (χ0n) is 13.3. The van der Waals surface area contributed by atoms with Gasteiger partial charge in [0.2, 0.25) is 10.0 Å². The third kappa shape index (κ3) is 2.98. The lowest BCUT2D eigenvalue weighted by Gasteiger charge is -2.33. The lowest BCUT2D eigenvalue weighted by molar-refractivity contribution is 0.373. The van der Waals surface area contributed by atoms with Crippen LogP contribution in [0.2, 0.25) is 0 Å². The molecule has 0 saturated carbocycles. The number of piperazine rings is 1. The second-order valence-corrected chi connectivity index (χ2v) is 7.75. The van der Waals surface area contributed by atoms with Crippen LogP contribution in [0.4, 0.5) is 10.4 Å². The van der Waals surface area contributed by atoms with Crippen LogP contribution in [0.25, 0.3) is 11.1 Å².